The van der Waals surface area contributed by atoms with Crippen LogP contribution >= 0.6 is 11.3 Å². The number of rotatable bonds is 5. The van der Waals surface area contributed by atoms with E-state index in [-0.39, 0.29) is 0 Å². The van der Waals surface area contributed by atoms with Crippen LogP contribution in [0, 0.1) is 0 Å². The second-order valence-corrected chi connectivity index (χ2v) is 12.8. The first kappa shape index (κ1) is 26.7. The van der Waals surface area contributed by atoms with Gasteiger partial charge < -0.3 is 4.90 Å². The van der Waals surface area contributed by atoms with Crippen molar-refractivity contribution in [3.05, 3.63) is 176 Å². The van der Waals surface area contributed by atoms with E-state index in [4.69, 9.17) is 0 Å². The first-order valence-electron chi connectivity index (χ1n) is 15.7. The van der Waals surface area contributed by atoms with Gasteiger partial charge in [0.25, 0.3) is 0 Å². The molecule has 8 aromatic carbocycles. The van der Waals surface area contributed by atoms with Gasteiger partial charge in [0.1, 0.15) is 0 Å². The molecule has 216 valence electrons. The van der Waals surface area contributed by atoms with Crippen molar-refractivity contribution in [2.45, 2.75) is 0 Å². The average molecular weight is 604 g/mol. The molecule has 9 rings (SSSR count). The van der Waals surface area contributed by atoms with E-state index in [0.717, 1.165) is 17.1 Å². The second-order valence-electron chi connectivity index (χ2n) is 11.7. The topological polar surface area (TPSA) is 3.24 Å². The van der Waals surface area contributed by atoms with Crippen molar-refractivity contribution >= 4 is 70.1 Å². The molecule has 0 atom stereocenters. The van der Waals surface area contributed by atoms with Crippen molar-refractivity contribution in [1.29, 1.82) is 0 Å². The highest BCUT2D eigenvalue weighted by molar-refractivity contribution is 7.26. The number of benzene rings is 8. The maximum Gasteiger partial charge on any atom is 0.0476 e. The lowest BCUT2D eigenvalue weighted by atomic mass is 9.92. The highest BCUT2D eigenvalue weighted by Crippen LogP contribution is 2.46. The van der Waals surface area contributed by atoms with Gasteiger partial charge in [0.15, 0.2) is 0 Å². The normalized spacial score (nSPS) is 11.5. The molecule has 1 heterocycles. The van der Waals surface area contributed by atoms with Crippen LogP contribution in [-0.2, 0) is 0 Å². The molecule has 0 unspecified atom stereocenters. The van der Waals surface area contributed by atoms with Crippen LogP contribution in [0.1, 0.15) is 0 Å². The quantitative estimate of drug-likeness (QED) is 0.189. The number of para-hydroxylation sites is 1. The fraction of sp³-hybridized carbons (Fsp3) is 0. The van der Waals surface area contributed by atoms with Crippen molar-refractivity contribution in [3.63, 3.8) is 0 Å². The van der Waals surface area contributed by atoms with E-state index in [1.807, 2.05) is 11.3 Å². The van der Waals surface area contributed by atoms with Gasteiger partial charge in [0, 0.05) is 42.6 Å². The third kappa shape index (κ3) is 4.46. The summed E-state index contributed by atoms with van der Waals surface area (Å²) in [5.74, 6) is 0. The summed E-state index contributed by atoms with van der Waals surface area (Å²) < 4.78 is 2.62. The number of hydrogen-bond acceptors (Lipinski definition) is 2. The van der Waals surface area contributed by atoms with E-state index in [1.54, 1.807) is 0 Å². The third-order valence-electron chi connectivity index (χ3n) is 9.03. The Bertz CT molecular complexity index is 2520. The smallest absolute Gasteiger partial charge is 0.0476 e. The van der Waals surface area contributed by atoms with Gasteiger partial charge in [-0.15, -0.1) is 11.3 Å². The molecule has 0 N–H and O–H groups in total. The highest BCUT2D eigenvalue weighted by Gasteiger charge is 2.18. The molecule has 0 aliphatic carbocycles. The molecule has 0 aliphatic rings. The zero-order chi connectivity index (χ0) is 30.5. The van der Waals surface area contributed by atoms with Crippen LogP contribution in [0.3, 0.4) is 0 Å². The lowest BCUT2D eigenvalue weighted by Gasteiger charge is -2.26. The van der Waals surface area contributed by atoms with Crippen molar-refractivity contribution in [1.82, 2.24) is 0 Å². The first-order chi connectivity index (χ1) is 22.8. The van der Waals surface area contributed by atoms with Crippen molar-refractivity contribution in [2.75, 3.05) is 4.90 Å². The minimum Gasteiger partial charge on any atom is -0.310 e. The van der Waals surface area contributed by atoms with Gasteiger partial charge in [-0.25, -0.2) is 0 Å². The molecule has 0 aliphatic heterocycles. The van der Waals surface area contributed by atoms with E-state index in [0.29, 0.717) is 0 Å². The van der Waals surface area contributed by atoms with E-state index >= 15 is 0 Å². The van der Waals surface area contributed by atoms with Gasteiger partial charge in [-0.3, -0.25) is 0 Å². The lowest BCUT2D eigenvalue weighted by molar-refractivity contribution is 1.29. The summed E-state index contributed by atoms with van der Waals surface area (Å²) >= 11 is 1.89. The van der Waals surface area contributed by atoms with Gasteiger partial charge in [-0.1, -0.05) is 133 Å². The molecule has 46 heavy (non-hydrogen) atoms. The maximum absolute atomic E-state index is 2.43. The molecule has 1 nitrogen and oxygen atoms in total. The van der Waals surface area contributed by atoms with E-state index in [1.165, 1.54) is 64.0 Å². The molecule has 9 aromatic rings. The number of anilines is 3. The van der Waals surface area contributed by atoms with Crippen LogP contribution in [-0.4, -0.2) is 0 Å². The Labute approximate surface area is 272 Å². The number of thiophene rings is 1. The second kappa shape index (κ2) is 11.0. The van der Waals surface area contributed by atoms with Crippen LogP contribution in [0.15, 0.2) is 176 Å². The molecule has 0 spiro atoms. The van der Waals surface area contributed by atoms with Crippen molar-refractivity contribution in [2.24, 2.45) is 0 Å². The van der Waals surface area contributed by atoms with Crippen LogP contribution in [0.5, 0.6) is 0 Å². The zero-order valence-corrected chi connectivity index (χ0v) is 25.9. The largest absolute Gasteiger partial charge is 0.310 e. The Morgan fingerprint density at radius 3 is 1.83 bits per heavy atom. The fourth-order valence-corrected chi connectivity index (χ4v) is 8.14. The van der Waals surface area contributed by atoms with Gasteiger partial charge >= 0.3 is 0 Å². The minimum absolute atomic E-state index is 1.14. The molecular weight excluding hydrogens is 575 g/mol. The Kier molecular flexibility index (Phi) is 6.40. The standard InChI is InChI=1S/C44H29NS/c1-3-13-30(14-4-1)32-17-11-20-34(27-32)45(33-18-5-2-6-19-33)35-25-26-39-42-29-41(37-24-12-16-31-15-7-8-21-36(31)37)38-22-9-10-23-40(38)44(42)46-43(39)28-35/h1-29H. The third-order valence-corrected chi connectivity index (χ3v) is 10.2. The molecule has 2 heteroatoms. The highest BCUT2D eigenvalue weighted by atomic mass is 32.1. The molecule has 0 saturated heterocycles. The lowest BCUT2D eigenvalue weighted by Crippen LogP contribution is -2.09. The first-order valence-corrected chi connectivity index (χ1v) is 16.5. The fourth-order valence-electron chi connectivity index (χ4n) is 6.89. The molecular formula is C44H29NS. The Balaban J connectivity index is 1.25. The maximum atomic E-state index is 2.43. The SMILES string of the molecule is c1ccc(-c2cccc(N(c3ccccc3)c3ccc4c(c3)sc3c5ccccc5c(-c5cccc6ccccc56)cc43)c2)cc1. The molecule has 0 bridgehead atoms. The summed E-state index contributed by atoms with van der Waals surface area (Å²) in [5, 5.41) is 7.75. The van der Waals surface area contributed by atoms with Crippen molar-refractivity contribution in [3.8, 4) is 22.3 Å². The molecule has 0 saturated carbocycles. The van der Waals surface area contributed by atoms with E-state index < -0.39 is 0 Å². The van der Waals surface area contributed by atoms with Crippen LogP contribution in [0.25, 0.3) is 64.0 Å². The summed E-state index contributed by atoms with van der Waals surface area (Å²) in [6.07, 6.45) is 0. The van der Waals surface area contributed by atoms with Gasteiger partial charge in [-0.2, -0.15) is 0 Å². The average Bonchev–Trinajstić information content (AvgIpc) is 3.50. The number of hydrogen-bond donors (Lipinski definition) is 0. The summed E-state index contributed by atoms with van der Waals surface area (Å²) in [6.45, 7) is 0. The van der Waals surface area contributed by atoms with Gasteiger partial charge in [0.2, 0.25) is 0 Å². The monoisotopic (exact) mass is 603 g/mol. The minimum atomic E-state index is 1.14. The number of fused-ring (bicyclic) bond motifs is 6. The van der Waals surface area contributed by atoms with Crippen molar-refractivity contribution < 1.29 is 0 Å². The van der Waals surface area contributed by atoms with Crippen LogP contribution in [0.4, 0.5) is 17.1 Å². The zero-order valence-electron chi connectivity index (χ0n) is 25.1. The summed E-state index contributed by atoms with van der Waals surface area (Å²) in [7, 11) is 0. The Hall–Kier alpha value is -5.70. The summed E-state index contributed by atoms with van der Waals surface area (Å²) in [6, 6.07) is 63.8. The predicted octanol–water partition coefficient (Wildman–Crippen LogP) is 13.2. The van der Waals surface area contributed by atoms with E-state index in [9.17, 15) is 0 Å². The van der Waals surface area contributed by atoms with Gasteiger partial charge in [0.05, 0.1) is 0 Å². The molecule has 1 aromatic heterocycles. The molecule has 0 radical (unpaired) electrons. The molecule has 0 amide bonds. The van der Waals surface area contributed by atoms with Crippen LogP contribution in [0.2, 0.25) is 0 Å². The van der Waals surface area contributed by atoms with Gasteiger partial charge in [-0.05, 0) is 80.9 Å². The summed E-state index contributed by atoms with van der Waals surface area (Å²) in [4.78, 5) is 2.37. The van der Waals surface area contributed by atoms with Crippen LogP contribution < -0.4 is 4.90 Å². The number of nitrogens with zero attached hydrogens (tertiary/aromatic N) is 1. The predicted molar refractivity (Wildman–Crippen MR) is 200 cm³/mol. The Morgan fingerprint density at radius 2 is 0.978 bits per heavy atom. The summed E-state index contributed by atoms with van der Waals surface area (Å²) in [5.41, 5.74) is 8.40. The van der Waals surface area contributed by atoms with E-state index in [2.05, 4.69) is 181 Å². The Morgan fingerprint density at radius 1 is 0.348 bits per heavy atom. The molecule has 0 fully saturated rings.